The Morgan fingerprint density at radius 1 is 0.860 bits per heavy atom. The zero-order valence-corrected chi connectivity index (χ0v) is 23.5. The zero-order chi connectivity index (χ0) is 29.8. The molecule has 2 heterocycles. The Morgan fingerprint density at radius 2 is 1.58 bits per heavy atom. The number of aromatic nitrogens is 1. The summed E-state index contributed by atoms with van der Waals surface area (Å²) in [7, 11) is 0. The van der Waals surface area contributed by atoms with Crippen LogP contribution in [-0.2, 0) is 4.79 Å². The number of fused-ring (bicyclic) bond motifs is 1. The Labute approximate surface area is 248 Å². The number of para-hydroxylation sites is 1. The van der Waals surface area contributed by atoms with Crippen LogP contribution in [-0.4, -0.2) is 28.5 Å². The van der Waals surface area contributed by atoms with Gasteiger partial charge in [0.15, 0.2) is 0 Å². The van der Waals surface area contributed by atoms with Crippen LogP contribution < -0.4 is 10.3 Å². The number of benzene rings is 4. The average molecular weight is 566 g/mol. The molecule has 0 atom stereocenters. The van der Waals surface area contributed by atoms with E-state index in [0.717, 1.165) is 22.0 Å². The van der Waals surface area contributed by atoms with Gasteiger partial charge in [0.1, 0.15) is 11.5 Å². The minimum atomic E-state index is -0.427. The molecule has 9 nitrogen and oxygen atoms in total. The lowest BCUT2D eigenvalue weighted by Crippen LogP contribution is -2.30. The Balaban J connectivity index is 1.19. The predicted octanol–water partition coefficient (Wildman–Crippen LogP) is 7.16. The lowest BCUT2D eigenvalue weighted by Gasteiger charge is -2.16. The van der Waals surface area contributed by atoms with Gasteiger partial charge in [-0.1, -0.05) is 66.7 Å². The van der Waals surface area contributed by atoms with Gasteiger partial charge in [-0.15, -0.1) is 15.3 Å². The first-order valence-corrected chi connectivity index (χ1v) is 13.7. The van der Waals surface area contributed by atoms with Crippen LogP contribution in [0.5, 0.6) is 0 Å². The fourth-order valence-electron chi connectivity index (χ4n) is 4.73. The van der Waals surface area contributed by atoms with Crippen molar-refractivity contribution in [1.82, 2.24) is 10.4 Å². The molecule has 0 fully saturated rings. The Hall–Kier alpha value is -5.96. The van der Waals surface area contributed by atoms with Crippen LogP contribution in [0.15, 0.2) is 135 Å². The molecule has 6 rings (SSSR count). The van der Waals surface area contributed by atoms with Gasteiger partial charge < -0.3 is 4.98 Å². The van der Waals surface area contributed by atoms with E-state index in [2.05, 4.69) is 30.7 Å². The number of hydrogen-bond acceptors (Lipinski definition) is 5. The van der Waals surface area contributed by atoms with Gasteiger partial charge in [0, 0.05) is 33.8 Å². The number of aromatic amines is 1. The van der Waals surface area contributed by atoms with Gasteiger partial charge in [-0.25, -0.2) is 10.4 Å². The smallest absolute Gasteiger partial charge is 0.282 e. The number of carbonyl (C=O) groups excluding carboxylic acids is 2. The predicted molar refractivity (Wildman–Crippen MR) is 169 cm³/mol. The summed E-state index contributed by atoms with van der Waals surface area (Å²) in [6.07, 6.45) is 3.65. The number of hydrazone groups is 1. The summed E-state index contributed by atoms with van der Waals surface area (Å²) >= 11 is 0. The van der Waals surface area contributed by atoms with Crippen molar-refractivity contribution >= 4 is 51.8 Å². The lowest BCUT2D eigenvalue weighted by molar-refractivity contribution is -0.113. The highest BCUT2D eigenvalue weighted by Gasteiger charge is 2.29. The molecule has 9 heteroatoms. The summed E-state index contributed by atoms with van der Waals surface area (Å²) in [4.78, 5) is 35.6. The molecule has 2 N–H and O–H groups in total. The summed E-state index contributed by atoms with van der Waals surface area (Å²) < 4.78 is 0. The van der Waals surface area contributed by atoms with Crippen LogP contribution in [0.4, 0.5) is 11.4 Å². The maximum Gasteiger partial charge on any atom is 0.282 e. The maximum atomic E-state index is 13.3. The van der Waals surface area contributed by atoms with E-state index in [0.29, 0.717) is 34.0 Å². The van der Waals surface area contributed by atoms with Crippen LogP contribution in [0.3, 0.4) is 0 Å². The van der Waals surface area contributed by atoms with E-state index in [1.165, 1.54) is 4.90 Å². The molecule has 5 aromatic rings. The van der Waals surface area contributed by atoms with Crippen LogP contribution in [0.2, 0.25) is 0 Å². The number of H-pyrrole nitrogens is 1. The number of aliphatic imine (C=N–C) groups is 1. The minimum absolute atomic E-state index is 0.240. The first-order valence-electron chi connectivity index (χ1n) is 13.7. The second kappa shape index (κ2) is 11.9. The number of aryl methyl sites for hydroxylation is 1. The third-order valence-corrected chi connectivity index (χ3v) is 6.99. The van der Waals surface area contributed by atoms with Gasteiger partial charge in [-0.3, -0.25) is 14.5 Å². The Kier molecular flexibility index (Phi) is 7.52. The van der Waals surface area contributed by atoms with Crippen LogP contribution in [0.25, 0.3) is 17.0 Å². The van der Waals surface area contributed by atoms with E-state index in [1.807, 2.05) is 92.0 Å². The van der Waals surface area contributed by atoms with Crippen molar-refractivity contribution in [2.75, 3.05) is 4.90 Å². The molecule has 1 aliphatic rings. The molecule has 0 bridgehead atoms. The summed E-state index contributed by atoms with van der Waals surface area (Å²) in [5.41, 5.74) is 8.15. The molecule has 0 unspecified atom stereocenters. The second-order valence-corrected chi connectivity index (χ2v) is 9.89. The summed E-state index contributed by atoms with van der Waals surface area (Å²) in [5, 5.41) is 13.9. The van der Waals surface area contributed by atoms with E-state index < -0.39 is 5.91 Å². The first-order chi connectivity index (χ1) is 21.0. The number of hydrogen-bond donors (Lipinski definition) is 2. The fourth-order valence-corrected chi connectivity index (χ4v) is 4.73. The number of anilines is 1. The number of amides is 2. The Morgan fingerprint density at radius 3 is 2.37 bits per heavy atom. The van der Waals surface area contributed by atoms with Crippen molar-refractivity contribution in [2.45, 2.75) is 13.8 Å². The third-order valence-electron chi connectivity index (χ3n) is 6.99. The van der Waals surface area contributed by atoms with Gasteiger partial charge in [0.2, 0.25) is 5.84 Å². The monoisotopic (exact) mass is 565 g/mol. The number of carbonyl (C=O) groups is 2. The van der Waals surface area contributed by atoms with Gasteiger partial charge in [-0.05, 0) is 61.9 Å². The van der Waals surface area contributed by atoms with Crippen LogP contribution in [0, 0.1) is 6.92 Å². The molecule has 0 radical (unpaired) electrons. The standard InChI is InChI=1S/C34H27N7O2/c1-22-10-6-8-14-29(22)37-38-32(24-11-4-3-5-12-24)39-40-33(42)25-16-18-27(19-17-25)41-23(2)36-31(34(41)43)20-26-21-35-30-15-9-7-13-28(26)30/h3-21,35H,1-2H3,(H,40,42)/b31-20+,38-37?,39-32-. The van der Waals surface area contributed by atoms with Crippen molar-refractivity contribution in [3.63, 3.8) is 0 Å². The van der Waals surface area contributed by atoms with Crippen molar-refractivity contribution in [3.8, 4) is 0 Å². The highest BCUT2D eigenvalue weighted by atomic mass is 16.2. The van der Waals surface area contributed by atoms with E-state index in [9.17, 15) is 9.59 Å². The summed E-state index contributed by atoms with van der Waals surface area (Å²) in [6, 6.07) is 31.5. The van der Waals surface area contributed by atoms with Crippen LogP contribution in [0.1, 0.15) is 34.0 Å². The molecular weight excluding hydrogens is 538 g/mol. The molecule has 1 aromatic heterocycles. The zero-order valence-electron chi connectivity index (χ0n) is 23.5. The molecule has 0 saturated heterocycles. The SMILES string of the molecule is CC1=N/C(=C/c2c[nH]c3ccccc23)C(=O)N1c1ccc(C(=O)N/N=C(\N=Nc2ccccc2C)c2ccccc2)cc1. The van der Waals surface area contributed by atoms with Crippen molar-refractivity contribution < 1.29 is 9.59 Å². The average Bonchev–Trinajstić information content (AvgIpc) is 3.57. The highest BCUT2D eigenvalue weighted by molar-refractivity contribution is 6.28. The fraction of sp³-hybridized carbons (Fsp3) is 0.0588. The number of nitrogens with zero attached hydrogens (tertiary/aromatic N) is 5. The van der Waals surface area contributed by atoms with Gasteiger partial charge in [-0.2, -0.15) is 0 Å². The van der Waals surface area contributed by atoms with E-state index in [1.54, 1.807) is 37.3 Å². The Bertz CT molecular complexity index is 1950. The largest absolute Gasteiger partial charge is 0.361 e. The molecule has 1 aliphatic heterocycles. The van der Waals surface area contributed by atoms with Crippen molar-refractivity contribution in [1.29, 1.82) is 0 Å². The molecule has 2 amide bonds. The van der Waals surface area contributed by atoms with Gasteiger partial charge in [0.05, 0.1) is 11.4 Å². The molecule has 0 aliphatic carbocycles. The van der Waals surface area contributed by atoms with E-state index in [-0.39, 0.29) is 11.7 Å². The second-order valence-electron chi connectivity index (χ2n) is 9.89. The van der Waals surface area contributed by atoms with Gasteiger partial charge in [0.25, 0.3) is 11.8 Å². The molecule has 210 valence electrons. The number of nitrogens with one attached hydrogen (secondary N) is 2. The van der Waals surface area contributed by atoms with E-state index >= 15 is 0 Å². The van der Waals surface area contributed by atoms with Crippen molar-refractivity contribution in [3.05, 3.63) is 137 Å². The molecule has 0 spiro atoms. The van der Waals surface area contributed by atoms with Crippen molar-refractivity contribution in [2.24, 2.45) is 20.3 Å². The number of rotatable bonds is 6. The first kappa shape index (κ1) is 27.2. The number of amidine groups is 2. The molecular formula is C34H27N7O2. The lowest BCUT2D eigenvalue weighted by atomic mass is 10.1. The minimum Gasteiger partial charge on any atom is -0.361 e. The molecule has 4 aromatic carbocycles. The normalized spacial score (nSPS) is 14.6. The summed E-state index contributed by atoms with van der Waals surface area (Å²) in [6.45, 7) is 3.73. The molecule has 43 heavy (non-hydrogen) atoms. The highest BCUT2D eigenvalue weighted by Crippen LogP contribution is 2.27. The molecule has 0 saturated carbocycles. The maximum absolute atomic E-state index is 13.3. The third kappa shape index (κ3) is 5.77. The van der Waals surface area contributed by atoms with E-state index in [4.69, 9.17) is 0 Å². The topological polar surface area (TPSA) is 115 Å². The summed E-state index contributed by atoms with van der Waals surface area (Å²) in [5.74, 6) is 0.141. The van der Waals surface area contributed by atoms with Crippen LogP contribution >= 0.6 is 0 Å². The van der Waals surface area contributed by atoms with Gasteiger partial charge >= 0.3 is 0 Å². The quantitative estimate of drug-likeness (QED) is 0.0748. The number of azo groups is 1.